The second kappa shape index (κ2) is 8.54. The van der Waals surface area contributed by atoms with E-state index in [9.17, 15) is 9.59 Å². The van der Waals surface area contributed by atoms with Gasteiger partial charge in [-0.2, -0.15) is 0 Å². The second-order valence-electron chi connectivity index (χ2n) is 3.63. The summed E-state index contributed by atoms with van der Waals surface area (Å²) >= 11 is 0. The molecule has 0 saturated carbocycles. The highest BCUT2D eigenvalue weighted by Gasteiger charge is 2.20. The van der Waals surface area contributed by atoms with E-state index in [1.807, 2.05) is 30.3 Å². The van der Waals surface area contributed by atoms with Crippen LogP contribution in [0.1, 0.15) is 19.4 Å². The fraction of sp³-hybridized carbons (Fsp3) is 0.250. The Bertz CT molecular complexity index is 527. The molecule has 0 unspecified atom stereocenters. The van der Waals surface area contributed by atoms with Crippen LogP contribution in [0.2, 0.25) is 0 Å². The molecule has 0 amide bonds. The summed E-state index contributed by atoms with van der Waals surface area (Å²) in [7, 11) is 0. The van der Waals surface area contributed by atoms with Gasteiger partial charge in [-0.15, -0.1) is 0 Å². The molecule has 0 spiro atoms. The lowest BCUT2D eigenvalue weighted by molar-refractivity contribution is -0.146. The van der Waals surface area contributed by atoms with Gasteiger partial charge >= 0.3 is 11.9 Å². The van der Waals surface area contributed by atoms with E-state index in [-0.39, 0.29) is 18.8 Å². The third-order valence-corrected chi connectivity index (χ3v) is 2.20. The first-order chi connectivity index (χ1) is 9.69. The first-order valence-corrected chi connectivity index (χ1v) is 6.30. The van der Waals surface area contributed by atoms with Crippen molar-refractivity contribution in [1.29, 1.82) is 0 Å². The number of rotatable bonds is 4. The van der Waals surface area contributed by atoms with Crippen molar-refractivity contribution in [1.82, 2.24) is 0 Å². The van der Waals surface area contributed by atoms with Gasteiger partial charge in [0.15, 0.2) is 5.57 Å². The predicted octanol–water partition coefficient (Wildman–Crippen LogP) is 2.09. The molecule has 0 saturated heterocycles. The second-order valence-corrected chi connectivity index (χ2v) is 3.63. The van der Waals surface area contributed by atoms with E-state index in [1.54, 1.807) is 13.8 Å². The Morgan fingerprint density at radius 2 is 1.60 bits per heavy atom. The summed E-state index contributed by atoms with van der Waals surface area (Å²) in [5.41, 5.74) is 0.591. The van der Waals surface area contributed by atoms with Gasteiger partial charge in [0.05, 0.1) is 13.2 Å². The lowest BCUT2D eigenvalue weighted by atomic mass is 10.2. The average molecular weight is 272 g/mol. The molecule has 4 heteroatoms. The minimum absolute atomic E-state index is 0.182. The smallest absolute Gasteiger partial charge is 0.346 e. The average Bonchev–Trinajstić information content (AvgIpc) is 2.45. The lowest BCUT2D eigenvalue weighted by Gasteiger charge is -2.04. The molecule has 0 heterocycles. The van der Waals surface area contributed by atoms with Crippen molar-refractivity contribution in [2.45, 2.75) is 13.8 Å². The van der Waals surface area contributed by atoms with Crippen molar-refractivity contribution in [3.8, 4) is 11.8 Å². The van der Waals surface area contributed by atoms with Crippen molar-refractivity contribution in [2.75, 3.05) is 13.2 Å². The van der Waals surface area contributed by atoms with Gasteiger partial charge in [-0.05, 0) is 26.0 Å². The molecule has 0 aliphatic rings. The van der Waals surface area contributed by atoms with Gasteiger partial charge in [0.1, 0.15) is 0 Å². The molecule has 0 atom stereocenters. The summed E-state index contributed by atoms with van der Waals surface area (Å²) in [6.45, 7) is 3.69. The third-order valence-electron chi connectivity index (χ3n) is 2.20. The molecular formula is C16H16O4. The highest BCUT2D eigenvalue weighted by Crippen LogP contribution is 2.02. The van der Waals surface area contributed by atoms with Crippen LogP contribution in [0.4, 0.5) is 0 Å². The van der Waals surface area contributed by atoms with Crippen LogP contribution in [0.3, 0.4) is 0 Å². The minimum Gasteiger partial charge on any atom is -0.462 e. The molecule has 0 radical (unpaired) electrons. The van der Waals surface area contributed by atoms with E-state index in [2.05, 4.69) is 11.8 Å². The Kier molecular flexibility index (Phi) is 6.63. The van der Waals surface area contributed by atoms with Gasteiger partial charge < -0.3 is 9.47 Å². The molecule has 1 aromatic carbocycles. The number of hydrogen-bond acceptors (Lipinski definition) is 4. The number of carbonyl (C=O) groups excluding carboxylic acids is 2. The summed E-state index contributed by atoms with van der Waals surface area (Å²) in [6, 6.07) is 9.24. The predicted molar refractivity (Wildman–Crippen MR) is 74.7 cm³/mol. The fourth-order valence-electron chi connectivity index (χ4n) is 1.33. The molecule has 0 aliphatic heterocycles. The normalized spacial score (nSPS) is 8.90. The van der Waals surface area contributed by atoms with E-state index in [0.717, 1.165) is 5.56 Å². The molecule has 4 nitrogen and oxygen atoms in total. The molecule has 0 aromatic heterocycles. The van der Waals surface area contributed by atoms with Crippen LogP contribution in [0.15, 0.2) is 42.0 Å². The molecule has 1 aromatic rings. The Labute approximate surface area is 118 Å². The number of esters is 2. The maximum Gasteiger partial charge on any atom is 0.346 e. The number of allylic oxidation sites excluding steroid dienone is 1. The van der Waals surface area contributed by atoms with Crippen LogP contribution >= 0.6 is 0 Å². The van der Waals surface area contributed by atoms with Crippen molar-refractivity contribution in [3.05, 3.63) is 47.5 Å². The van der Waals surface area contributed by atoms with Crippen LogP contribution in [0.5, 0.6) is 0 Å². The number of hydrogen-bond donors (Lipinski definition) is 0. The number of benzene rings is 1. The van der Waals surface area contributed by atoms with Crippen molar-refractivity contribution in [3.63, 3.8) is 0 Å². The molecule has 0 aliphatic carbocycles. The molecule has 0 fully saturated rings. The van der Waals surface area contributed by atoms with Crippen LogP contribution in [0, 0.1) is 11.8 Å². The Morgan fingerprint density at radius 1 is 1.05 bits per heavy atom. The first kappa shape index (κ1) is 15.5. The zero-order valence-corrected chi connectivity index (χ0v) is 11.5. The Hall–Kier alpha value is -2.54. The van der Waals surface area contributed by atoms with E-state index in [1.165, 1.54) is 6.08 Å². The topological polar surface area (TPSA) is 52.6 Å². The van der Waals surface area contributed by atoms with Crippen LogP contribution < -0.4 is 0 Å². The van der Waals surface area contributed by atoms with Gasteiger partial charge in [0, 0.05) is 11.6 Å². The molecular weight excluding hydrogens is 256 g/mol. The first-order valence-electron chi connectivity index (χ1n) is 6.30. The highest BCUT2D eigenvalue weighted by molar-refractivity contribution is 6.14. The number of carbonyl (C=O) groups is 2. The van der Waals surface area contributed by atoms with Crippen molar-refractivity contribution >= 4 is 11.9 Å². The SMILES string of the molecule is CCOC(=O)C(=CC#Cc1ccccc1)C(=O)OCC. The quantitative estimate of drug-likeness (QED) is 0.277. The minimum atomic E-state index is -0.728. The van der Waals surface area contributed by atoms with Crippen molar-refractivity contribution < 1.29 is 19.1 Å². The monoisotopic (exact) mass is 272 g/mol. The standard InChI is InChI=1S/C16H16O4/c1-3-19-15(17)14(16(18)20-4-2)12-8-11-13-9-6-5-7-10-13/h5-7,9-10,12H,3-4H2,1-2H3. The van der Waals surface area contributed by atoms with E-state index in [4.69, 9.17) is 9.47 Å². The Balaban J connectivity index is 2.93. The molecule has 0 bridgehead atoms. The summed E-state index contributed by atoms with van der Waals surface area (Å²) < 4.78 is 9.60. The zero-order valence-electron chi connectivity index (χ0n) is 11.5. The van der Waals surface area contributed by atoms with E-state index < -0.39 is 11.9 Å². The fourth-order valence-corrected chi connectivity index (χ4v) is 1.33. The molecule has 1 rings (SSSR count). The molecule has 0 N–H and O–H groups in total. The van der Waals surface area contributed by atoms with Gasteiger partial charge in [0.25, 0.3) is 0 Å². The van der Waals surface area contributed by atoms with E-state index >= 15 is 0 Å². The largest absolute Gasteiger partial charge is 0.462 e. The zero-order chi connectivity index (χ0) is 14.8. The Morgan fingerprint density at radius 3 is 2.10 bits per heavy atom. The van der Waals surface area contributed by atoms with Crippen LogP contribution in [-0.2, 0) is 19.1 Å². The maximum atomic E-state index is 11.6. The summed E-state index contributed by atoms with van der Waals surface area (Å²) in [4.78, 5) is 23.3. The van der Waals surface area contributed by atoms with E-state index in [0.29, 0.717) is 0 Å². The van der Waals surface area contributed by atoms with Crippen LogP contribution in [-0.4, -0.2) is 25.2 Å². The third kappa shape index (κ3) is 4.99. The van der Waals surface area contributed by atoms with Gasteiger partial charge in [-0.25, -0.2) is 9.59 Å². The maximum absolute atomic E-state index is 11.6. The van der Waals surface area contributed by atoms with Crippen LogP contribution in [0.25, 0.3) is 0 Å². The number of ether oxygens (including phenoxy) is 2. The molecule has 104 valence electrons. The van der Waals surface area contributed by atoms with Gasteiger partial charge in [0.2, 0.25) is 0 Å². The summed E-state index contributed by atoms with van der Waals surface area (Å²) in [5, 5.41) is 0. The highest BCUT2D eigenvalue weighted by atomic mass is 16.6. The summed E-state index contributed by atoms with van der Waals surface area (Å²) in [6.07, 6.45) is 1.23. The van der Waals surface area contributed by atoms with Crippen molar-refractivity contribution in [2.24, 2.45) is 0 Å². The summed E-state index contributed by atoms with van der Waals surface area (Å²) in [5.74, 6) is 4.04. The van der Waals surface area contributed by atoms with Gasteiger partial charge in [-0.3, -0.25) is 0 Å². The lowest BCUT2D eigenvalue weighted by Crippen LogP contribution is -2.18. The molecule has 20 heavy (non-hydrogen) atoms. The van der Waals surface area contributed by atoms with Gasteiger partial charge in [-0.1, -0.05) is 30.0 Å².